The summed E-state index contributed by atoms with van der Waals surface area (Å²) in [6.45, 7) is 11.0. The van der Waals surface area contributed by atoms with Crippen LogP contribution in [0.2, 0.25) is 0 Å². The molecule has 1 aromatic heterocycles. The first-order valence-electron chi connectivity index (χ1n) is 6.31. The lowest BCUT2D eigenvalue weighted by molar-refractivity contribution is 0.00899. The van der Waals surface area contributed by atoms with E-state index in [1.807, 2.05) is 31.6 Å². The van der Waals surface area contributed by atoms with Crippen LogP contribution in [0.1, 0.15) is 40.3 Å². The summed E-state index contributed by atoms with van der Waals surface area (Å²) in [5.74, 6) is 0. The zero-order chi connectivity index (χ0) is 14.4. The van der Waals surface area contributed by atoms with Gasteiger partial charge < -0.3 is 4.74 Å². The van der Waals surface area contributed by atoms with E-state index in [0.29, 0.717) is 13.1 Å². The molecule has 1 aromatic rings. The Labute approximate surface area is 127 Å². The first-order chi connectivity index (χ1) is 8.60. The summed E-state index contributed by atoms with van der Waals surface area (Å²) >= 11 is 2.25. The van der Waals surface area contributed by atoms with Crippen molar-refractivity contribution in [1.29, 1.82) is 0 Å². The summed E-state index contributed by atoms with van der Waals surface area (Å²) in [6.07, 6.45) is 1.58. The monoisotopic (exact) mass is 377 g/mol. The van der Waals surface area contributed by atoms with Gasteiger partial charge in [-0.1, -0.05) is 0 Å². The SMILES string of the molecule is CC(C)(C)OC(=O)N1Cc2c(I)cnn2C(C)(C)C1. The molecule has 0 atom stereocenters. The second-order valence-corrected chi connectivity index (χ2v) is 7.66. The van der Waals surface area contributed by atoms with Crippen LogP contribution in [0.4, 0.5) is 4.79 Å². The lowest BCUT2D eigenvalue weighted by Crippen LogP contribution is -2.50. The molecule has 0 fully saturated rings. The molecule has 0 radical (unpaired) electrons. The van der Waals surface area contributed by atoms with Gasteiger partial charge in [-0.15, -0.1) is 0 Å². The summed E-state index contributed by atoms with van der Waals surface area (Å²) in [7, 11) is 0. The Morgan fingerprint density at radius 3 is 2.68 bits per heavy atom. The fourth-order valence-electron chi connectivity index (χ4n) is 2.24. The number of carbonyl (C=O) groups excluding carboxylic acids is 1. The number of amides is 1. The summed E-state index contributed by atoms with van der Waals surface area (Å²) in [5, 5.41) is 4.41. The van der Waals surface area contributed by atoms with Crippen LogP contribution in [0, 0.1) is 3.57 Å². The maximum absolute atomic E-state index is 12.2. The van der Waals surface area contributed by atoms with Crippen molar-refractivity contribution < 1.29 is 9.53 Å². The van der Waals surface area contributed by atoms with E-state index in [4.69, 9.17) is 4.74 Å². The summed E-state index contributed by atoms with van der Waals surface area (Å²) in [4.78, 5) is 14.0. The zero-order valence-electron chi connectivity index (χ0n) is 12.0. The number of rotatable bonds is 0. The molecule has 1 aliphatic rings. The molecular weight excluding hydrogens is 357 g/mol. The first-order valence-corrected chi connectivity index (χ1v) is 7.39. The molecule has 0 spiro atoms. The van der Waals surface area contributed by atoms with E-state index < -0.39 is 5.60 Å². The maximum atomic E-state index is 12.2. The maximum Gasteiger partial charge on any atom is 0.410 e. The number of ether oxygens (including phenoxy) is 1. The van der Waals surface area contributed by atoms with Crippen LogP contribution in [0.5, 0.6) is 0 Å². The predicted octanol–water partition coefficient (Wildman–Crippen LogP) is 2.97. The Morgan fingerprint density at radius 1 is 1.47 bits per heavy atom. The largest absolute Gasteiger partial charge is 0.444 e. The third-order valence-corrected chi connectivity index (χ3v) is 3.86. The predicted molar refractivity (Wildman–Crippen MR) is 80.9 cm³/mol. The third-order valence-electron chi connectivity index (χ3n) is 2.96. The lowest BCUT2D eigenvalue weighted by atomic mass is 10.0. The highest BCUT2D eigenvalue weighted by Crippen LogP contribution is 2.29. The van der Waals surface area contributed by atoms with Gasteiger partial charge in [0, 0.05) is 6.54 Å². The van der Waals surface area contributed by atoms with Crippen LogP contribution in [-0.4, -0.2) is 32.9 Å². The minimum absolute atomic E-state index is 0.214. The Bertz CT molecular complexity index is 502. The van der Waals surface area contributed by atoms with Gasteiger partial charge in [-0.3, -0.25) is 9.58 Å². The van der Waals surface area contributed by atoms with Gasteiger partial charge in [0.2, 0.25) is 0 Å². The normalized spacial score (nSPS) is 18.1. The molecule has 5 nitrogen and oxygen atoms in total. The average molecular weight is 377 g/mol. The number of carbonyl (C=O) groups is 1. The van der Waals surface area contributed by atoms with Crippen LogP contribution < -0.4 is 0 Å². The van der Waals surface area contributed by atoms with Crippen molar-refractivity contribution in [3.05, 3.63) is 15.5 Å². The molecule has 2 heterocycles. The molecule has 0 aliphatic carbocycles. The highest BCUT2D eigenvalue weighted by atomic mass is 127. The van der Waals surface area contributed by atoms with Crippen molar-refractivity contribution in [3.63, 3.8) is 0 Å². The Morgan fingerprint density at radius 2 is 2.11 bits per heavy atom. The van der Waals surface area contributed by atoms with E-state index in [2.05, 4.69) is 41.5 Å². The van der Waals surface area contributed by atoms with Crippen LogP contribution in [0.25, 0.3) is 0 Å². The van der Waals surface area contributed by atoms with Crippen LogP contribution >= 0.6 is 22.6 Å². The highest BCUT2D eigenvalue weighted by molar-refractivity contribution is 14.1. The van der Waals surface area contributed by atoms with Crippen molar-refractivity contribution >= 4 is 28.7 Å². The van der Waals surface area contributed by atoms with Crippen molar-refractivity contribution in [2.45, 2.75) is 52.3 Å². The van der Waals surface area contributed by atoms with E-state index in [1.165, 1.54) is 0 Å². The van der Waals surface area contributed by atoms with Gasteiger partial charge in [0.25, 0.3) is 0 Å². The molecule has 0 unspecified atom stereocenters. The molecule has 106 valence electrons. The smallest absolute Gasteiger partial charge is 0.410 e. The van der Waals surface area contributed by atoms with Crippen molar-refractivity contribution in [3.8, 4) is 0 Å². The van der Waals surface area contributed by atoms with Crippen LogP contribution in [0.3, 0.4) is 0 Å². The second-order valence-electron chi connectivity index (χ2n) is 6.50. The molecular formula is C13H20IN3O2. The molecule has 1 aliphatic heterocycles. The van der Waals surface area contributed by atoms with E-state index in [9.17, 15) is 4.79 Å². The fourth-order valence-corrected chi connectivity index (χ4v) is 2.77. The molecule has 19 heavy (non-hydrogen) atoms. The zero-order valence-corrected chi connectivity index (χ0v) is 14.2. The van der Waals surface area contributed by atoms with Gasteiger partial charge >= 0.3 is 6.09 Å². The minimum atomic E-state index is -0.466. The van der Waals surface area contributed by atoms with Crippen LogP contribution in [0.15, 0.2) is 6.20 Å². The van der Waals surface area contributed by atoms with E-state index in [1.54, 1.807) is 4.90 Å². The first kappa shape index (κ1) is 14.6. The van der Waals surface area contributed by atoms with E-state index >= 15 is 0 Å². The van der Waals surface area contributed by atoms with Crippen molar-refractivity contribution in [2.75, 3.05) is 6.54 Å². The van der Waals surface area contributed by atoms with Gasteiger partial charge in [0.05, 0.1) is 27.5 Å². The third kappa shape index (κ3) is 3.04. The number of fused-ring (bicyclic) bond motifs is 1. The Kier molecular flexibility index (Phi) is 3.57. The molecule has 6 heteroatoms. The molecule has 2 rings (SSSR count). The summed E-state index contributed by atoms with van der Waals surface area (Å²) in [5.41, 5.74) is 0.391. The Hall–Kier alpha value is -0.790. The summed E-state index contributed by atoms with van der Waals surface area (Å²) < 4.78 is 8.55. The molecule has 1 amide bonds. The number of aromatic nitrogens is 2. The van der Waals surface area contributed by atoms with Gasteiger partial charge in [-0.25, -0.2) is 4.79 Å². The van der Waals surface area contributed by atoms with Crippen LogP contribution in [-0.2, 0) is 16.8 Å². The highest BCUT2D eigenvalue weighted by Gasteiger charge is 2.37. The second kappa shape index (κ2) is 4.64. The fraction of sp³-hybridized carbons (Fsp3) is 0.692. The standard InChI is InChI=1S/C13H20IN3O2/c1-12(2,3)19-11(18)16-7-10-9(14)6-15-17(10)13(4,5)8-16/h6H,7-8H2,1-5H3. The van der Waals surface area contributed by atoms with Gasteiger partial charge in [-0.05, 0) is 57.2 Å². The number of nitrogens with zero attached hydrogens (tertiary/aromatic N) is 3. The average Bonchev–Trinajstić information content (AvgIpc) is 2.58. The quantitative estimate of drug-likeness (QED) is 0.654. The number of hydrogen-bond acceptors (Lipinski definition) is 3. The Balaban J connectivity index is 2.24. The van der Waals surface area contributed by atoms with Gasteiger partial charge in [0.15, 0.2) is 0 Å². The van der Waals surface area contributed by atoms with Gasteiger partial charge in [-0.2, -0.15) is 5.10 Å². The summed E-state index contributed by atoms with van der Waals surface area (Å²) in [6, 6.07) is 0. The number of halogens is 1. The molecule has 0 bridgehead atoms. The number of hydrogen-bond donors (Lipinski definition) is 0. The molecule has 0 N–H and O–H groups in total. The minimum Gasteiger partial charge on any atom is -0.444 e. The van der Waals surface area contributed by atoms with E-state index in [-0.39, 0.29) is 11.6 Å². The lowest BCUT2D eigenvalue weighted by Gasteiger charge is -2.39. The van der Waals surface area contributed by atoms with Gasteiger partial charge in [0.1, 0.15) is 5.60 Å². The topological polar surface area (TPSA) is 47.4 Å². The molecule has 0 saturated carbocycles. The van der Waals surface area contributed by atoms with Crippen molar-refractivity contribution in [1.82, 2.24) is 14.7 Å². The molecule has 0 saturated heterocycles. The molecule has 0 aromatic carbocycles. The van der Waals surface area contributed by atoms with Crippen molar-refractivity contribution in [2.24, 2.45) is 0 Å². The van der Waals surface area contributed by atoms with E-state index in [0.717, 1.165) is 9.26 Å².